The van der Waals surface area contributed by atoms with Crippen LogP contribution in [0.1, 0.15) is 0 Å². The zero-order valence-electron chi connectivity index (χ0n) is 9.04. The fourth-order valence-electron chi connectivity index (χ4n) is 1.12. The Balaban J connectivity index is 2.14. The van der Waals surface area contributed by atoms with Crippen LogP contribution in [0.25, 0.3) is 0 Å². The number of hydrogen-bond donors (Lipinski definition) is 1. The van der Waals surface area contributed by atoms with Gasteiger partial charge in [0.15, 0.2) is 5.17 Å². The molecule has 0 aliphatic carbocycles. The van der Waals surface area contributed by atoms with E-state index in [1.165, 1.54) is 11.8 Å². The summed E-state index contributed by atoms with van der Waals surface area (Å²) in [6, 6.07) is 7.31. The zero-order chi connectivity index (χ0) is 12.1. The minimum absolute atomic E-state index is 0.696. The third-order valence-electron chi connectivity index (χ3n) is 1.89. The van der Waals surface area contributed by atoms with Crippen molar-refractivity contribution < 1.29 is 0 Å². The van der Waals surface area contributed by atoms with Gasteiger partial charge in [0.25, 0.3) is 0 Å². The molecular formula is C10H10ClN5S. The summed E-state index contributed by atoms with van der Waals surface area (Å²) in [6.07, 6.45) is 5.06. The highest BCUT2D eigenvalue weighted by molar-refractivity contribution is 8.13. The summed E-state index contributed by atoms with van der Waals surface area (Å²) >= 11 is 7.30. The van der Waals surface area contributed by atoms with Crippen LogP contribution in [0.2, 0.25) is 5.02 Å². The van der Waals surface area contributed by atoms with Gasteiger partial charge in [-0.25, -0.2) is 9.67 Å². The Labute approximate surface area is 108 Å². The van der Waals surface area contributed by atoms with Crippen molar-refractivity contribution in [1.29, 1.82) is 0 Å². The van der Waals surface area contributed by atoms with Gasteiger partial charge in [-0.1, -0.05) is 23.4 Å². The number of aromatic nitrogens is 3. The van der Waals surface area contributed by atoms with E-state index >= 15 is 0 Å². The number of aliphatic imine (C=N–C) groups is 1. The second kappa shape index (κ2) is 5.70. The smallest absolute Gasteiger partial charge is 0.180 e. The van der Waals surface area contributed by atoms with E-state index in [0.717, 1.165) is 10.9 Å². The summed E-state index contributed by atoms with van der Waals surface area (Å²) in [7, 11) is 0. The first kappa shape index (κ1) is 11.9. The van der Waals surface area contributed by atoms with Crippen LogP contribution in [-0.2, 0) is 0 Å². The average molecular weight is 268 g/mol. The quantitative estimate of drug-likeness (QED) is 0.671. The van der Waals surface area contributed by atoms with Gasteiger partial charge in [-0.15, -0.1) is 10.2 Å². The van der Waals surface area contributed by atoms with Crippen molar-refractivity contribution in [3.8, 4) is 0 Å². The maximum atomic E-state index is 5.81. The molecule has 1 heterocycles. The van der Waals surface area contributed by atoms with Crippen molar-refractivity contribution in [2.45, 2.75) is 0 Å². The monoisotopic (exact) mass is 267 g/mol. The largest absolute Gasteiger partial charge is 0.270 e. The standard InChI is InChI=1S/C10H10ClN5S/c1-17-10(15-16-6-12-13-7-16)14-9-4-2-8(11)3-5-9/h2-7H,1H3,(H,14,15). The molecule has 0 unspecified atom stereocenters. The first-order valence-electron chi connectivity index (χ1n) is 4.78. The minimum Gasteiger partial charge on any atom is -0.270 e. The first-order chi connectivity index (χ1) is 8.28. The third kappa shape index (κ3) is 3.47. The number of benzene rings is 1. The summed E-state index contributed by atoms with van der Waals surface area (Å²) in [5.41, 5.74) is 3.88. The fourth-order valence-corrected chi connectivity index (χ4v) is 1.64. The maximum Gasteiger partial charge on any atom is 0.180 e. The van der Waals surface area contributed by atoms with E-state index in [2.05, 4.69) is 20.6 Å². The highest BCUT2D eigenvalue weighted by Crippen LogP contribution is 2.17. The predicted octanol–water partition coefficient (Wildman–Crippen LogP) is 2.53. The van der Waals surface area contributed by atoms with Crippen LogP contribution < -0.4 is 5.43 Å². The normalized spacial score (nSPS) is 11.5. The first-order valence-corrected chi connectivity index (χ1v) is 6.38. The van der Waals surface area contributed by atoms with Crippen molar-refractivity contribution in [1.82, 2.24) is 14.9 Å². The molecule has 5 nitrogen and oxygen atoms in total. The van der Waals surface area contributed by atoms with Gasteiger partial charge in [0.05, 0.1) is 5.69 Å². The van der Waals surface area contributed by atoms with E-state index in [0.29, 0.717) is 5.02 Å². The highest BCUT2D eigenvalue weighted by atomic mass is 35.5. The van der Waals surface area contributed by atoms with Crippen LogP contribution >= 0.6 is 23.4 Å². The predicted molar refractivity (Wildman–Crippen MR) is 71.4 cm³/mol. The van der Waals surface area contributed by atoms with Gasteiger partial charge in [-0.2, -0.15) is 0 Å². The molecule has 0 fully saturated rings. The highest BCUT2D eigenvalue weighted by Gasteiger charge is 1.98. The van der Waals surface area contributed by atoms with Crippen LogP contribution in [0.4, 0.5) is 5.69 Å². The Hall–Kier alpha value is -1.53. The minimum atomic E-state index is 0.696. The van der Waals surface area contributed by atoms with Crippen LogP contribution in [0.5, 0.6) is 0 Å². The molecule has 0 radical (unpaired) electrons. The molecule has 88 valence electrons. The molecule has 0 atom stereocenters. The van der Waals surface area contributed by atoms with E-state index in [4.69, 9.17) is 11.6 Å². The lowest BCUT2D eigenvalue weighted by molar-refractivity contribution is 0.975. The molecule has 1 aromatic heterocycles. The molecule has 0 aliphatic heterocycles. The van der Waals surface area contributed by atoms with E-state index in [9.17, 15) is 0 Å². The zero-order valence-corrected chi connectivity index (χ0v) is 10.6. The maximum absolute atomic E-state index is 5.81. The molecule has 1 N–H and O–H groups in total. The average Bonchev–Trinajstić information content (AvgIpc) is 2.84. The summed E-state index contributed by atoms with van der Waals surface area (Å²) in [5.74, 6) is 0. The lowest BCUT2D eigenvalue weighted by Crippen LogP contribution is -2.18. The van der Waals surface area contributed by atoms with Crippen LogP contribution in [-0.4, -0.2) is 26.3 Å². The molecule has 1 aromatic carbocycles. The second-order valence-corrected chi connectivity index (χ2v) is 4.31. The topological polar surface area (TPSA) is 55.1 Å². The lowest BCUT2D eigenvalue weighted by Gasteiger charge is -2.06. The van der Waals surface area contributed by atoms with Crippen LogP contribution in [0, 0.1) is 0 Å². The number of nitrogens with one attached hydrogen (secondary N) is 1. The summed E-state index contributed by atoms with van der Waals surface area (Å²) in [6.45, 7) is 0. The van der Waals surface area contributed by atoms with E-state index in [-0.39, 0.29) is 0 Å². The Bertz CT molecular complexity index is 494. The molecule has 0 amide bonds. The van der Waals surface area contributed by atoms with E-state index in [1.54, 1.807) is 29.5 Å². The molecule has 7 heteroatoms. The van der Waals surface area contributed by atoms with Gasteiger partial charge in [0.1, 0.15) is 12.7 Å². The van der Waals surface area contributed by atoms with Crippen molar-refractivity contribution in [3.63, 3.8) is 0 Å². The molecule has 17 heavy (non-hydrogen) atoms. The van der Waals surface area contributed by atoms with Gasteiger partial charge >= 0.3 is 0 Å². The molecule has 2 rings (SSSR count). The fraction of sp³-hybridized carbons (Fsp3) is 0.100. The van der Waals surface area contributed by atoms with Crippen LogP contribution in [0.3, 0.4) is 0 Å². The molecule has 2 aromatic rings. The lowest BCUT2D eigenvalue weighted by atomic mass is 10.3. The third-order valence-corrected chi connectivity index (χ3v) is 2.72. The molecule has 0 saturated carbocycles. The number of rotatable bonds is 2. The Kier molecular flexibility index (Phi) is 4.00. The van der Waals surface area contributed by atoms with Crippen LogP contribution in [0.15, 0.2) is 41.9 Å². The van der Waals surface area contributed by atoms with Gasteiger partial charge in [0, 0.05) is 5.02 Å². The number of nitrogens with zero attached hydrogens (tertiary/aromatic N) is 4. The van der Waals surface area contributed by atoms with Crippen molar-refractivity contribution in [3.05, 3.63) is 41.9 Å². The van der Waals surface area contributed by atoms with Crippen molar-refractivity contribution in [2.24, 2.45) is 4.99 Å². The van der Waals surface area contributed by atoms with E-state index in [1.807, 2.05) is 18.4 Å². The van der Waals surface area contributed by atoms with Crippen molar-refractivity contribution >= 4 is 34.2 Å². The molecule has 0 spiro atoms. The number of hydrogen-bond acceptors (Lipinski definition) is 4. The molecule has 0 saturated heterocycles. The summed E-state index contributed by atoms with van der Waals surface area (Å²) in [5, 5.41) is 8.83. The van der Waals surface area contributed by atoms with Gasteiger partial charge in [0.2, 0.25) is 0 Å². The number of halogens is 1. The number of thioether (sulfide) groups is 1. The van der Waals surface area contributed by atoms with E-state index < -0.39 is 0 Å². The Morgan fingerprint density at radius 2 is 1.94 bits per heavy atom. The summed E-state index contributed by atoms with van der Waals surface area (Å²) in [4.78, 5) is 4.43. The Morgan fingerprint density at radius 1 is 1.29 bits per heavy atom. The summed E-state index contributed by atoms with van der Waals surface area (Å²) < 4.78 is 1.63. The molecule has 0 aliphatic rings. The van der Waals surface area contributed by atoms with Crippen molar-refractivity contribution in [2.75, 3.05) is 11.7 Å². The van der Waals surface area contributed by atoms with Gasteiger partial charge in [-0.05, 0) is 30.5 Å². The number of amidine groups is 1. The second-order valence-electron chi connectivity index (χ2n) is 3.08. The Morgan fingerprint density at radius 3 is 2.53 bits per heavy atom. The van der Waals surface area contributed by atoms with Gasteiger partial charge < -0.3 is 0 Å². The van der Waals surface area contributed by atoms with Gasteiger partial charge in [-0.3, -0.25) is 5.43 Å². The SMILES string of the molecule is CSC(=Nc1ccc(Cl)cc1)Nn1cnnc1. The molecular weight excluding hydrogens is 258 g/mol. The molecule has 0 bridgehead atoms.